The van der Waals surface area contributed by atoms with Crippen molar-refractivity contribution in [1.29, 1.82) is 0 Å². The van der Waals surface area contributed by atoms with Crippen LogP contribution >= 0.6 is 0 Å². The normalized spacial score (nSPS) is 21.4. The fraction of sp³-hybridized carbons (Fsp3) is 0.259. The summed E-state index contributed by atoms with van der Waals surface area (Å²) >= 11 is 0. The van der Waals surface area contributed by atoms with E-state index in [2.05, 4.69) is 0 Å². The van der Waals surface area contributed by atoms with E-state index < -0.39 is 0 Å². The maximum absolute atomic E-state index is 13.7. The molecule has 1 saturated heterocycles. The molecule has 1 amide bonds. The zero-order valence-corrected chi connectivity index (χ0v) is 17.3. The van der Waals surface area contributed by atoms with Crippen LogP contribution in [0.2, 0.25) is 0 Å². The first-order valence-corrected chi connectivity index (χ1v) is 10.7. The highest BCUT2D eigenvalue weighted by atomic mass is 16.2. The average Bonchev–Trinajstić information content (AvgIpc) is 2.80. The fourth-order valence-electron chi connectivity index (χ4n) is 4.64. The molecule has 1 fully saturated rings. The summed E-state index contributed by atoms with van der Waals surface area (Å²) in [5.74, 6) is 0.117. The number of ketones is 1. The number of Topliss-reactive ketones (excluding diaryl/α,β-unsaturated/α-hetero) is 1. The second-order valence-electron chi connectivity index (χ2n) is 7.93. The zero-order valence-electron chi connectivity index (χ0n) is 17.3. The van der Waals surface area contributed by atoms with Crippen molar-refractivity contribution in [3.05, 3.63) is 108 Å². The summed E-state index contributed by atoms with van der Waals surface area (Å²) in [6, 6.07) is 29.3. The Labute approximate surface area is 178 Å². The van der Waals surface area contributed by atoms with E-state index in [1.165, 1.54) is 0 Å². The molecule has 3 aromatic rings. The molecule has 1 aliphatic rings. The number of benzene rings is 3. The number of likely N-dealkylation sites (tertiary alicyclic amines) is 1. The van der Waals surface area contributed by atoms with Gasteiger partial charge in [-0.05, 0) is 23.1 Å². The summed E-state index contributed by atoms with van der Waals surface area (Å²) in [6.45, 7) is 2.04. The average molecular weight is 398 g/mol. The standard InChI is InChI=1S/C27H27NO2/c1-2-23-25(29)19-24(21-14-8-4-9-15-21)28(27(23)22-16-10-5-11-17-22)26(30)18-20-12-6-3-7-13-20/h3-17,23-24,27H,2,18-19H2,1H3/t23-,24+,27+/m1/s1. The minimum Gasteiger partial charge on any atom is -0.327 e. The van der Waals surface area contributed by atoms with Crippen LogP contribution in [0.5, 0.6) is 0 Å². The quantitative estimate of drug-likeness (QED) is 0.567. The molecule has 3 heteroatoms. The third kappa shape index (κ3) is 4.06. The van der Waals surface area contributed by atoms with E-state index in [9.17, 15) is 9.59 Å². The van der Waals surface area contributed by atoms with Crippen molar-refractivity contribution in [3.63, 3.8) is 0 Å². The molecular formula is C27H27NO2. The Balaban J connectivity index is 1.79. The largest absolute Gasteiger partial charge is 0.327 e. The van der Waals surface area contributed by atoms with Gasteiger partial charge < -0.3 is 4.90 Å². The Bertz CT molecular complexity index is 985. The molecule has 3 nitrogen and oxygen atoms in total. The van der Waals surface area contributed by atoms with Crippen molar-refractivity contribution in [3.8, 4) is 0 Å². The fourth-order valence-corrected chi connectivity index (χ4v) is 4.64. The lowest BCUT2D eigenvalue weighted by molar-refractivity contribution is -0.147. The molecule has 152 valence electrons. The lowest BCUT2D eigenvalue weighted by atomic mass is 9.77. The molecular weight excluding hydrogens is 370 g/mol. The summed E-state index contributed by atoms with van der Waals surface area (Å²) in [7, 11) is 0. The molecule has 0 radical (unpaired) electrons. The number of piperidine rings is 1. The van der Waals surface area contributed by atoms with Gasteiger partial charge in [-0.3, -0.25) is 9.59 Å². The molecule has 4 rings (SSSR count). The molecule has 3 aromatic carbocycles. The molecule has 0 aliphatic carbocycles. The van der Waals surface area contributed by atoms with Crippen LogP contribution in [0, 0.1) is 5.92 Å². The Morgan fingerprint density at radius 1 is 0.833 bits per heavy atom. The molecule has 0 unspecified atom stereocenters. The molecule has 0 bridgehead atoms. The van der Waals surface area contributed by atoms with Crippen molar-refractivity contribution in [2.24, 2.45) is 5.92 Å². The Hall–Kier alpha value is -3.20. The lowest BCUT2D eigenvalue weighted by Crippen LogP contribution is -2.48. The van der Waals surface area contributed by atoms with E-state index in [0.29, 0.717) is 12.8 Å². The van der Waals surface area contributed by atoms with Gasteiger partial charge in [-0.2, -0.15) is 0 Å². The van der Waals surface area contributed by atoms with Gasteiger partial charge in [0.2, 0.25) is 5.91 Å². The maximum Gasteiger partial charge on any atom is 0.228 e. The second-order valence-corrected chi connectivity index (χ2v) is 7.93. The van der Waals surface area contributed by atoms with Gasteiger partial charge in [-0.1, -0.05) is 97.9 Å². The third-order valence-electron chi connectivity index (χ3n) is 6.08. The first kappa shape index (κ1) is 20.1. The highest BCUT2D eigenvalue weighted by Crippen LogP contribution is 2.44. The summed E-state index contributed by atoms with van der Waals surface area (Å²) in [5, 5.41) is 0. The van der Waals surface area contributed by atoms with Gasteiger partial charge in [0.25, 0.3) is 0 Å². The number of hydrogen-bond donors (Lipinski definition) is 0. The Morgan fingerprint density at radius 3 is 1.93 bits per heavy atom. The topological polar surface area (TPSA) is 37.4 Å². The Morgan fingerprint density at radius 2 is 1.37 bits per heavy atom. The van der Waals surface area contributed by atoms with E-state index in [1.807, 2.05) is 103 Å². The summed E-state index contributed by atoms with van der Waals surface area (Å²) in [6.07, 6.45) is 1.42. The molecule has 1 heterocycles. The first-order valence-electron chi connectivity index (χ1n) is 10.7. The van der Waals surface area contributed by atoms with Crippen molar-refractivity contribution in [2.45, 2.75) is 38.3 Å². The van der Waals surface area contributed by atoms with Crippen LogP contribution in [0.25, 0.3) is 0 Å². The van der Waals surface area contributed by atoms with Gasteiger partial charge in [0.15, 0.2) is 0 Å². The smallest absolute Gasteiger partial charge is 0.228 e. The van der Waals surface area contributed by atoms with E-state index in [1.54, 1.807) is 0 Å². The number of rotatable bonds is 5. The summed E-state index contributed by atoms with van der Waals surface area (Å²) < 4.78 is 0. The number of hydrogen-bond acceptors (Lipinski definition) is 2. The van der Waals surface area contributed by atoms with Gasteiger partial charge in [0, 0.05) is 12.3 Å². The van der Waals surface area contributed by atoms with Crippen molar-refractivity contribution < 1.29 is 9.59 Å². The van der Waals surface area contributed by atoms with E-state index in [4.69, 9.17) is 0 Å². The Kier molecular flexibility index (Phi) is 6.08. The number of amides is 1. The second kappa shape index (κ2) is 9.08. The van der Waals surface area contributed by atoms with Crippen molar-refractivity contribution in [2.75, 3.05) is 0 Å². The van der Waals surface area contributed by atoms with E-state index in [0.717, 1.165) is 23.1 Å². The molecule has 0 N–H and O–H groups in total. The molecule has 3 atom stereocenters. The van der Waals surface area contributed by atoms with Gasteiger partial charge >= 0.3 is 0 Å². The van der Waals surface area contributed by atoms with Crippen LogP contribution in [0.3, 0.4) is 0 Å². The summed E-state index contributed by atoms with van der Waals surface area (Å²) in [4.78, 5) is 28.9. The van der Waals surface area contributed by atoms with Gasteiger partial charge in [-0.25, -0.2) is 0 Å². The van der Waals surface area contributed by atoms with Gasteiger partial charge in [0.05, 0.1) is 18.5 Å². The minimum absolute atomic E-state index is 0.0647. The van der Waals surface area contributed by atoms with Gasteiger partial charge in [-0.15, -0.1) is 0 Å². The number of carbonyl (C=O) groups is 2. The molecule has 0 spiro atoms. The highest BCUT2D eigenvalue weighted by Gasteiger charge is 2.44. The van der Waals surface area contributed by atoms with E-state index >= 15 is 0 Å². The highest BCUT2D eigenvalue weighted by molar-refractivity contribution is 5.88. The monoisotopic (exact) mass is 397 g/mol. The predicted molar refractivity (Wildman–Crippen MR) is 119 cm³/mol. The van der Waals surface area contributed by atoms with E-state index in [-0.39, 0.29) is 29.7 Å². The van der Waals surface area contributed by atoms with Crippen LogP contribution in [-0.4, -0.2) is 16.6 Å². The number of nitrogens with zero attached hydrogens (tertiary/aromatic N) is 1. The molecule has 0 saturated carbocycles. The predicted octanol–water partition coefficient (Wildman–Crippen LogP) is 5.54. The minimum atomic E-state index is -0.251. The molecule has 30 heavy (non-hydrogen) atoms. The number of carbonyl (C=O) groups excluding carboxylic acids is 2. The van der Waals surface area contributed by atoms with Crippen molar-refractivity contribution in [1.82, 2.24) is 4.90 Å². The van der Waals surface area contributed by atoms with Gasteiger partial charge in [0.1, 0.15) is 5.78 Å². The first-order chi connectivity index (χ1) is 14.7. The molecule has 1 aliphatic heterocycles. The third-order valence-corrected chi connectivity index (χ3v) is 6.08. The van der Waals surface area contributed by atoms with Crippen LogP contribution in [0.1, 0.15) is 48.5 Å². The molecule has 0 aromatic heterocycles. The van der Waals surface area contributed by atoms with Crippen LogP contribution in [-0.2, 0) is 16.0 Å². The SMILES string of the molecule is CC[C@@H]1C(=O)C[C@@H](c2ccccc2)N(C(=O)Cc2ccccc2)[C@H]1c1ccccc1. The van der Waals surface area contributed by atoms with Crippen LogP contribution in [0.4, 0.5) is 0 Å². The summed E-state index contributed by atoms with van der Waals surface area (Å²) in [5.41, 5.74) is 3.04. The van der Waals surface area contributed by atoms with Crippen LogP contribution in [0.15, 0.2) is 91.0 Å². The zero-order chi connectivity index (χ0) is 20.9. The van der Waals surface area contributed by atoms with Crippen molar-refractivity contribution >= 4 is 11.7 Å². The van der Waals surface area contributed by atoms with Crippen LogP contribution < -0.4 is 0 Å². The maximum atomic E-state index is 13.7. The lowest BCUT2D eigenvalue weighted by Gasteiger charge is -2.46.